The molecule has 0 aromatic heterocycles. The van der Waals surface area contributed by atoms with Gasteiger partial charge in [0, 0.05) is 35.4 Å². The lowest BCUT2D eigenvalue weighted by Gasteiger charge is -2.31. The molecule has 1 aliphatic rings. The van der Waals surface area contributed by atoms with E-state index in [0.717, 1.165) is 4.47 Å². The Kier molecular flexibility index (Phi) is 6.11. The van der Waals surface area contributed by atoms with Crippen LogP contribution in [0.3, 0.4) is 0 Å². The monoisotopic (exact) mass is 467 g/mol. The number of nitrogens with zero attached hydrogens (tertiary/aromatic N) is 2. The van der Waals surface area contributed by atoms with Crippen LogP contribution >= 0.6 is 15.9 Å². The summed E-state index contributed by atoms with van der Waals surface area (Å²) >= 11 is 3.28. The normalized spacial score (nSPS) is 17.8. The fourth-order valence-corrected chi connectivity index (χ4v) is 4.86. The summed E-state index contributed by atoms with van der Waals surface area (Å²) in [6.45, 7) is 0.415. The molecule has 2 aromatic rings. The number of amides is 1. The van der Waals surface area contributed by atoms with Crippen LogP contribution < -0.4 is 5.32 Å². The summed E-state index contributed by atoms with van der Waals surface area (Å²) in [5.74, 6) is -0.880. The Morgan fingerprint density at radius 2 is 1.93 bits per heavy atom. The predicted molar refractivity (Wildman–Crippen MR) is 107 cm³/mol. The Labute approximate surface area is 170 Å². The van der Waals surface area contributed by atoms with Crippen molar-refractivity contribution < 1.29 is 18.1 Å². The van der Waals surface area contributed by atoms with Crippen molar-refractivity contribution in [2.24, 2.45) is 5.92 Å². The highest BCUT2D eigenvalue weighted by Crippen LogP contribution is 2.26. The van der Waals surface area contributed by atoms with Crippen LogP contribution in [0.4, 0.5) is 11.4 Å². The number of carbonyl (C=O) groups is 1. The lowest BCUT2D eigenvalue weighted by atomic mass is 9.98. The van der Waals surface area contributed by atoms with Gasteiger partial charge in [-0.2, -0.15) is 4.31 Å². The van der Waals surface area contributed by atoms with Gasteiger partial charge in [0.15, 0.2) is 0 Å². The fourth-order valence-electron chi connectivity index (χ4n) is 3.07. The zero-order valence-electron chi connectivity index (χ0n) is 14.7. The van der Waals surface area contributed by atoms with E-state index in [0.29, 0.717) is 25.1 Å². The van der Waals surface area contributed by atoms with Crippen LogP contribution in [-0.2, 0) is 14.8 Å². The molecule has 8 nitrogen and oxygen atoms in total. The number of halogens is 1. The van der Waals surface area contributed by atoms with Gasteiger partial charge in [-0.15, -0.1) is 0 Å². The molecule has 0 radical (unpaired) electrons. The topological polar surface area (TPSA) is 110 Å². The Bertz CT molecular complexity index is 995. The van der Waals surface area contributed by atoms with Crippen LogP contribution in [0.2, 0.25) is 0 Å². The average molecular weight is 468 g/mol. The smallest absolute Gasteiger partial charge is 0.271 e. The molecule has 3 rings (SSSR count). The summed E-state index contributed by atoms with van der Waals surface area (Å²) in [5.41, 5.74) is 0.188. The van der Waals surface area contributed by atoms with E-state index in [2.05, 4.69) is 21.2 Å². The number of carbonyl (C=O) groups excluding carboxylic acids is 1. The van der Waals surface area contributed by atoms with Crippen molar-refractivity contribution in [2.75, 3.05) is 18.4 Å². The zero-order valence-corrected chi connectivity index (χ0v) is 17.1. The van der Waals surface area contributed by atoms with Crippen molar-refractivity contribution in [3.63, 3.8) is 0 Å². The molecular formula is C18H18BrN3O5S. The van der Waals surface area contributed by atoms with Crippen molar-refractivity contribution in [1.82, 2.24) is 4.31 Å². The number of rotatable bonds is 5. The molecule has 148 valence electrons. The zero-order chi connectivity index (χ0) is 20.3. The van der Waals surface area contributed by atoms with Gasteiger partial charge in [0.25, 0.3) is 5.69 Å². The number of sulfonamides is 1. The summed E-state index contributed by atoms with van der Waals surface area (Å²) in [6.07, 6.45) is 1.11. The maximum Gasteiger partial charge on any atom is 0.271 e. The summed E-state index contributed by atoms with van der Waals surface area (Å²) < 4.78 is 27.8. The van der Waals surface area contributed by atoms with Crippen molar-refractivity contribution >= 4 is 43.2 Å². The number of nitrogens with one attached hydrogen (secondary N) is 1. The van der Waals surface area contributed by atoms with Gasteiger partial charge in [0.2, 0.25) is 15.9 Å². The summed E-state index contributed by atoms with van der Waals surface area (Å²) in [6, 6.07) is 12.0. The Morgan fingerprint density at radius 1 is 1.21 bits per heavy atom. The lowest BCUT2D eigenvalue weighted by molar-refractivity contribution is -0.384. The van der Waals surface area contributed by atoms with Crippen molar-refractivity contribution in [3.05, 3.63) is 63.1 Å². The number of piperidine rings is 1. The van der Waals surface area contributed by atoms with E-state index in [1.54, 1.807) is 18.2 Å². The molecule has 1 aliphatic heterocycles. The van der Waals surface area contributed by atoms with E-state index < -0.39 is 20.9 Å². The average Bonchev–Trinajstić information content (AvgIpc) is 2.68. The Balaban J connectivity index is 1.72. The lowest BCUT2D eigenvalue weighted by Crippen LogP contribution is -2.43. The van der Waals surface area contributed by atoms with Gasteiger partial charge >= 0.3 is 0 Å². The quantitative estimate of drug-likeness (QED) is 0.535. The molecule has 10 heteroatoms. The van der Waals surface area contributed by atoms with Crippen LogP contribution in [0.5, 0.6) is 0 Å². The first-order chi connectivity index (χ1) is 13.3. The molecule has 28 heavy (non-hydrogen) atoms. The molecule has 1 saturated heterocycles. The molecule has 0 saturated carbocycles. The summed E-state index contributed by atoms with van der Waals surface area (Å²) in [7, 11) is -3.69. The number of benzene rings is 2. The molecule has 0 unspecified atom stereocenters. The molecule has 2 aromatic carbocycles. The van der Waals surface area contributed by atoms with Gasteiger partial charge in [-0.1, -0.05) is 22.0 Å². The second-order valence-electron chi connectivity index (χ2n) is 6.45. The molecule has 1 atom stereocenters. The van der Waals surface area contributed by atoms with E-state index in [-0.39, 0.29) is 23.0 Å². The third-order valence-corrected chi connectivity index (χ3v) is 6.94. The molecule has 1 amide bonds. The Hall–Kier alpha value is -2.30. The number of anilines is 1. The van der Waals surface area contributed by atoms with Gasteiger partial charge < -0.3 is 5.32 Å². The molecule has 1 heterocycles. The largest absolute Gasteiger partial charge is 0.326 e. The molecule has 1 N–H and O–H groups in total. The van der Waals surface area contributed by atoms with Gasteiger partial charge in [-0.25, -0.2) is 8.42 Å². The van der Waals surface area contributed by atoms with Gasteiger partial charge in [-0.05, 0) is 43.2 Å². The maximum atomic E-state index is 12.8. The first-order valence-electron chi connectivity index (χ1n) is 8.58. The van der Waals surface area contributed by atoms with Crippen LogP contribution in [0.1, 0.15) is 12.8 Å². The van der Waals surface area contributed by atoms with E-state index >= 15 is 0 Å². The van der Waals surface area contributed by atoms with Crippen LogP contribution in [-0.4, -0.2) is 36.6 Å². The third kappa shape index (κ3) is 4.57. The molecule has 0 spiro atoms. The number of nitro benzene ring substituents is 1. The standard InChI is InChI=1S/C18H18BrN3O5S/c19-14-6-8-17(9-7-14)28(26,27)21-10-2-3-13(12-21)18(23)20-15-4-1-5-16(11-15)22(24)25/h1,4-9,11,13H,2-3,10,12H2,(H,20,23)/t13-/m0/s1. The summed E-state index contributed by atoms with van der Waals surface area (Å²) in [4.78, 5) is 23.1. The number of hydrogen-bond donors (Lipinski definition) is 1. The first-order valence-corrected chi connectivity index (χ1v) is 10.8. The third-order valence-electron chi connectivity index (χ3n) is 4.53. The predicted octanol–water partition coefficient (Wildman–Crippen LogP) is 3.40. The number of non-ortho nitro benzene ring substituents is 1. The van der Waals surface area contributed by atoms with E-state index in [4.69, 9.17) is 0 Å². The first kappa shape index (κ1) is 20.4. The molecule has 1 fully saturated rings. The number of hydrogen-bond acceptors (Lipinski definition) is 5. The van der Waals surface area contributed by atoms with Gasteiger partial charge in [0.05, 0.1) is 15.7 Å². The van der Waals surface area contributed by atoms with Crippen LogP contribution in [0, 0.1) is 16.0 Å². The van der Waals surface area contributed by atoms with Crippen LogP contribution in [0.25, 0.3) is 0 Å². The summed E-state index contributed by atoms with van der Waals surface area (Å²) in [5, 5.41) is 13.5. The Morgan fingerprint density at radius 3 is 2.61 bits per heavy atom. The minimum absolute atomic E-state index is 0.0686. The SMILES string of the molecule is O=C(Nc1cccc([N+](=O)[O-])c1)[C@H]1CCCN(S(=O)(=O)c2ccc(Br)cc2)C1. The highest BCUT2D eigenvalue weighted by molar-refractivity contribution is 9.10. The van der Waals surface area contributed by atoms with Gasteiger partial charge in [0.1, 0.15) is 0 Å². The number of nitro groups is 1. The second kappa shape index (κ2) is 8.38. The van der Waals surface area contributed by atoms with Crippen molar-refractivity contribution in [3.8, 4) is 0 Å². The van der Waals surface area contributed by atoms with Crippen molar-refractivity contribution in [1.29, 1.82) is 0 Å². The van der Waals surface area contributed by atoms with E-state index in [1.165, 1.54) is 34.6 Å². The highest BCUT2D eigenvalue weighted by Gasteiger charge is 2.33. The molecule has 0 aliphatic carbocycles. The van der Waals surface area contributed by atoms with Gasteiger partial charge in [-0.3, -0.25) is 14.9 Å². The highest BCUT2D eigenvalue weighted by atomic mass is 79.9. The second-order valence-corrected chi connectivity index (χ2v) is 9.31. The minimum Gasteiger partial charge on any atom is -0.326 e. The van der Waals surface area contributed by atoms with E-state index in [1.807, 2.05) is 0 Å². The maximum absolute atomic E-state index is 12.8. The minimum atomic E-state index is -3.69. The molecular weight excluding hydrogens is 450 g/mol. The van der Waals surface area contributed by atoms with E-state index in [9.17, 15) is 23.3 Å². The van der Waals surface area contributed by atoms with Crippen LogP contribution in [0.15, 0.2) is 57.9 Å². The van der Waals surface area contributed by atoms with Crippen molar-refractivity contribution in [2.45, 2.75) is 17.7 Å². The molecule has 0 bridgehead atoms. The fraction of sp³-hybridized carbons (Fsp3) is 0.278.